The fourth-order valence-electron chi connectivity index (χ4n) is 1.79. The number of rotatable bonds is 1. The molecule has 1 aromatic rings. The van der Waals surface area contributed by atoms with Gasteiger partial charge in [-0.15, -0.1) is 11.3 Å². The lowest BCUT2D eigenvalue weighted by Crippen LogP contribution is -2.25. The minimum Gasteiger partial charge on any atom is -0.397 e. The van der Waals surface area contributed by atoms with E-state index < -0.39 is 9.84 Å². The SMILES string of the molecule is N#Cc1sc(N2CCCS(=O)(=O)CC2)cc1N. The lowest BCUT2D eigenvalue weighted by atomic mass is 10.4. The van der Waals surface area contributed by atoms with Crippen molar-refractivity contribution in [1.82, 2.24) is 0 Å². The molecule has 2 heterocycles. The minimum atomic E-state index is -2.90. The normalized spacial score (nSPS) is 19.6. The maximum absolute atomic E-state index is 11.5. The van der Waals surface area contributed by atoms with E-state index in [9.17, 15) is 8.42 Å². The molecule has 2 rings (SSSR count). The Hall–Kier alpha value is -1.26. The molecule has 17 heavy (non-hydrogen) atoms. The molecular formula is C10H13N3O2S2. The predicted molar refractivity (Wildman–Crippen MR) is 68.9 cm³/mol. The van der Waals surface area contributed by atoms with Crippen LogP contribution in [-0.2, 0) is 9.84 Å². The molecule has 0 amide bonds. The van der Waals surface area contributed by atoms with Gasteiger partial charge in [0.15, 0.2) is 9.84 Å². The van der Waals surface area contributed by atoms with E-state index in [4.69, 9.17) is 11.0 Å². The van der Waals surface area contributed by atoms with Crippen LogP contribution in [0.5, 0.6) is 0 Å². The standard InChI is InChI=1S/C10H13N3O2S2/c11-7-9-8(12)6-10(16-9)13-2-1-4-17(14,15)5-3-13/h6H,1-5,12H2. The third kappa shape index (κ3) is 2.70. The molecule has 1 aromatic heterocycles. The highest BCUT2D eigenvalue weighted by Crippen LogP contribution is 2.32. The number of nitriles is 1. The first-order valence-corrected chi connectivity index (χ1v) is 7.90. The number of hydrogen-bond acceptors (Lipinski definition) is 6. The highest BCUT2D eigenvalue weighted by molar-refractivity contribution is 7.91. The third-order valence-electron chi connectivity index (χ3n) is 2.72. The summed E-state index contributed by atoms with van der Waals surface area (Å²) >= 11 is 1.32. The smallest absolute Gasteiger partial charge is 0.152 e. The number of sulfone groups is 1. The van der Waals surface area contributed by atoms with Crippen molar-refractivity contribution in [1.29, 1.82) is 5.26 Å². The van der Waals surface area contributed by atoms with Crippen LogP contribution in [0.25, 0.3) is 0 Å². The zero-order valence-electron chi connectivity index (χ0n) is 9.22. The Kier molecular flexibility index (Phi) is 3.26. The van der Waals surface area contributed by atoms with Gasteiger partial charge < -0.3 is 10.6 Å². The second-order valence-corrected chi connectivity index (χ2v) is 7.31. The van der Waals surface area contributed by atoms with Crippen molar-refractivity contribution in [2.75, 3.05) is 35.2 Å². The van der Waals surface area contributed by atoms with Gasteiger partial charge in [0.05, 0.1) is 22.2 Å². The summed E-state index contributed by atoms with van der Waals surface area (Å²) in [6.45, 7) is 1.18. The lowest BCUT2D eigenvalue weighted by Gasteiger charge is -2.19. The molecular weight excluding hydrogens is 258 g/mol. The summed E-state index contributed by atoms with van der Waals surface area (Å²) in [6, 6.07) is 3.79. The van der Waals surface area contributed by atoms with Crippen LogP contribution < -0.4 is 10.6 Å². The zero-order valence-corrected chi connectivity index (χ0v) is 10.9. The summed E-state index contributed by atoms with van der Waals surface area (Å²) in [7, 11) is -2.90. The number of nitrogen functional groups attached to an aromatic ring is 1. The monoisotopic (exact) mass is 271 g/mol. The Morgan fingerprint density at radius 2 is 2.18 bits per heavy atom. The molecule has 5 nitrogen and oxygen atoms in total. The maximum atomic E-state index is 11.5. The first-order valence-electron chi connectivity index (χ1n) is 5.26. The number of hydrogen-bond donors (Lipinski definition) is 1. The van der Waals surface area contributed by atoms with E-state index >= 15 is 0 Å². The molecule has 0 aromatic carbocycles. The summed E-state index contributed by atoms with van der Waals surface area (Å²) < 4.78 is 23.0. The van der Waals surface area contributed by atoms with Crippen LogP contribution in [0.3, 0.4) is 0 Å². The van der Waals surface area contributed by atoms with Crippen molar-refractivity contribution >= 4 is 31.9 Å². The largest absolute Gasteiger partial charge is 0.397 e. The van der Waals surface area contributed by atoms with Gasteiger partial charge in [0, 0.05) is 13.1 Å². The molecule has 1 aliphatic rings. The Morgan fingerprint density at radius 1 is 1.41 bits per heavy atom. The van der Waals surface area contributed by atoms with Crippen LogP contribution >= 0.6 is 11.3 Å². The number of nitrogens with zero attached hydrogens (tertiary/aromatic N) is 2. The second-order valence-electron chi connectivity index (χ2n) is 3.97. The zero-order chi connectivity index (χ0) is 12.5. The van der Waals surface area contributed by atoms with E-state index in [1.807, 2.05) is 11.0 Å². The molecule has 2 N–H and O–H groups in total. The Balaban J connectivity index is 2.20. The van der Waals surface area contributed by atoms with Crippen molar-refractivity contribution in [3.05, 3.63) is 10.9 Å². The van der Waals surface area contributed by atoms with Crippen LogP contribution in [0.4, 0.5) is 10.7 Å². The third-order valence-corrected chi connectivity index (χ3v) is 5.55. The van der Waals surface area contributed by atoms with Crippen molar-refractivity contribution in [3.63, 3.8) is 0 Å². The molecule has 0 unspecified atom stereocenters. The summed E-state index contributed by atoms with van der Waals surface area (Å²) in [4.78, 5) is 2.49. The molecule has 1 saturated heterocycles. The average Bonchev–Trinajstić information content (AvgIpc) is 2.54. The first kappa shape index (κ1) is 12.2. The topological polar surface area (TPSA) is 87.2 Å². The van der Waals surface area contributed by atoms with E-state index in [-0.39, 0.29) is 11.5 Å². The molecule has 0 radical (unpaired) electrons. The molecule has 0 saturated carbocycles. The average molecular weight is 271 g/mol. The highest BCUT2D eigenvalue weighted by Gasteiger charge is 2.21. The molecule has 1 fully saturated rings. The Labute approximate surface area is 104 Å². The van der Waals surface area contributed by atoms with Crippen molar-refractivity contribution in [2.45, 2.75) is 6.42 Å². The number of thiophene rings is 1. The van der Waals surface area contributed by atoms with Gasteiger partial charge in [-0.2, -0.15) is 5.26 Å². The van der Waals surface area contributed by atoms with Crippen molar-refractivity contribution in [2.24, 2.45) is 0 Å². The van der Waals surface area contributed by atoms with Crippen LogP contribution in [0, 0.1) is 11.3 Å². The first-order chi connectivity index (χ1) is 8.02. The van der Waals surface area contributed by atoms with E-state index in [2.05, 4.69) is 0 Å². The van der Waals surface area contributed by atoms with Gasteiger partial charge in [0.25, 0.3) is 0 Å². The summed E-state index contributed by atoms with van der Waals surface area (Å²) in [5, 5.41) is 9.72. The van der Waals surface area contributed by atoms with Gasteiger partial charge in [-0.05, 0) is 12.5 Å². The minimum absolute atomic E-state index is 0.173. The van der Waals surface area contributed by atoms with Crippen LogP contribution in [0.15, 0.2) is 6.07 Å². The van der Waals surface area contributed by atoms with Gasteiger partial charge in [-0.25, -0.2) is 8.42 Å². The van der Waals surface area contributed by atoms with Crippen LogP contribution in [0.1, 0.15) is 11.3 Å². The van der Waals surface area contributed by atoms with Gasteiger partial charge in [0.2, 0.25) is 0 Å². The molecule has 1 aliphatic heterocycles. The van der Waals surface area contributed by atoms with E-state index in [0.29, 0.717) is 30.1 Å². The van der Waals surface area contributed by atoms with E-state index in [1.165, 1.54) is 11.3 Å². The van der Waals surface area contributed by atoms with Gasteiger partial charge in [-0.3, -0.25) is 0 Å². The van der Waals surface area contributed by atoms with Crippen molar-refractivity contribution < 1.29 is 8.42 Å². The summed E-state index contributed by atoms with van der Waals surface area (Å²) in [6.07, 6.45) is 0.627. The number of anilines is 2. The molecule has 0 spiro atoms. The highest BCUT2D eigenvalue weighted by atomic mass is 32.2. The fourth-order valence-corrected chi connectivity index (χ4v) is 3.99. The molecule has 7 heteroatoms. The summed E-state index contributed by atoms with van der Waals surface area (Å²) in [5.41, 5.74) is 6.17. The number of nitrogens with two attached hydrogens (primary N) is 1. The molecule has 0 bridgehead atoms. The van der Waals surface area contributed by atoms with Gasteiger partial charge in [-0.1, -0.05) is 0 Å². The maximum Gasteiger partial charge on any atom is 0.152 e. The fraction of sp³-hybridized carbons (Fsp3) is 0.500. The summed E-state index contributed by atoms with van der Waals surface area (Å²) in [5.74, 6) is 0.419. The second kappa shape index (κ2) is 4.55. The Bertz CT molecular complexity index is 557. The molecule has 0 atom stereocenters. The van der Waals surface area contributed by atoms with E-state index in [0.717, 1.165) is 5.00 Å². The predicted octanol–water partition coefficient (Wildman–Crippen LogP) is 0.827. The van der Waals surface area contributed by atoms with Crippen molar-refractivity contribution in [3.8, 4) is 6.07 Å². The van der Waals surface area contributed by atoms with E-state index in [1.54, 1.807) is 6.07 Å². The quantitative estimate of drug-likeness (QED) is 0.817. The van der Waals surface area contributed by atoms with Crippen LogP contribution in [0.2, 0.25) is 0 Å². The Morgan fingerprint density at radius 3 is 2.82 bits per heavy atom. The van der Waals surface area contributed by atoms with Gasteiger partial charge >= 0.3 is 0 Å². The molecule has 92 valence electrons. The van der Waals surface area contributed by atoms with Gasteiger partial charge in [0.1, 0.15) is 10.9 Å². The molecule has 0 aliphatic carbocycles. The van der Waals surface area contributed by atoms with Crippen LogP contribution in [-0.4, -0.2) is 33.0 Å². The lowest BCUT2D eigenvalue weighted by molar-refractivity contribution is 0.597.